The number of carbonyl (C=O) groups is 1. The molecular formula is C10H17F2NO3S. The summed E-state index contributed by atoms with van der Waals surface area (Å²) in [6, 6.07) is -0.576. The van der Waals surface area contributed by atoms with Gasteiger partial charge in [-0.15, -0.1) is 0 Å². The third-order valence-corrected chi connectivity index (χ3v) is 4.62. The second kappa shape index (κ2) is 5.75. The number of alkyl halides is 2. The number of hydrogen-bond donors (Lipinski definition) is 0. The molecule has 1 amide bonds. The lowest BCUT2D eigenvalue weighted by molar-refractivity contribution is -0.144. The fraction of sp³-hybridized carbons (Fsp3) is 0.900. The van der Waals surface area contributed by atoms with Crippen molar-refractivity contribution < 1.29 is 22.0 Å². The summed E-state index contributed by atoms with van der Waals surface area (Å²) in [4.78, 5) is 12.4. The van der Waals surface area contributed by atoms with Crippen LogP contribution in [0.3, 0.4) is 0 Å². The first-order valence-corrected chi connectivity index (χ1v) is 7.48. The van der Waals surface area contributed by atoms with Gasteiger partial charge in [0.05, 0.1) is 11.5 Å². The molecule has 1 atom stereocenters. The molecule has 0 saturated carbocycles. The largest absolute Gasteiger partial charge is 0.334 e. The molecule has 1 unspecified atom stereocenters. The average molecular weight is 269 g/mol. The summed E-state index contributed by atoms with van der Waals surface area (Å²) >= 11 is 0. The number of halogens is 2. The normalized spacial score (nSPS) is 22.9. The molecule has 1 heterocycles. The van der Waals surface area contributed by atoms with Crippen LogP contribution in [-0.4, -0.2) is 49.7 Å². The molecule has 4 nitrogen and oxygen atoms in total. The standard InChI is InChI=1S/C10H17F2NO3S/c1-2-3-5-13(10(14)9(11)12)8-4-6-17(15,16)7-8/h8-9H,2-7H2,1H3. The Kier molecular flexibility index (Phi) is 4.85. The van der Waals surface area contributed by atoms with Gasteiger partial charge in [0, 0.05) is 12.6 Å². The summed E-state index contributed by atoms with van der Waals surface area (Å²) in [7, 11) is -3.16. The van der Waals surface area contributed by atoms with Gasteiger partial charge in [0.1, 0.15) is 0 Å². The average Bonchev–Trinajstić information content (AvgIpc) is 2.59. The minimum absolute atomic E-state index is 0.0171. The molecule has 0 aromatic heterocycles. The smallest absolute Gasteiger partial charge is 0.315 e. The minimum atomic E-state index is -3.16. The molecule has 0 aromatic carbocycles. The Morgan fingerprint density at radius 2 is 2.12 bits per heavy atom. The van der Waals surface area contributed by atoms with E-state index in [9.17, 15) is 22.0 Å². The Hall–Kier alpha value is -0.720. The van der Waals surface area contributed by atoms with Crippen molar-refractivity contribution >= 4 is 15.7 Å². The van der Waals surface area contributed by atoms with Gasteiger partial charge >= 0.3 is 6.43 Å². The maximum Gasteiger partial charge on any atom is 0.315 e. The van der Waals surface area contributed by atoms with Crippen molar-refractivity contribution in [3.8, 4) is 0 Å². The number of carbonyl (C=O) groups excluding carboxylic acids is 1. The predicted molar refractivity (Wildman–Crippen MR) is 59.7 cm³/mol. The van der Waals surface area contributed by atoms with Gasteiger partial charge < -0.3 is 4.90 Å². The fourth-order valence-corrected chi connectivity index (χ4v) is 3.68. The van der Waals surface area contributed by atoms with E-state index in [1.165, 1.54) is 0 Å². The van der Waals surface area contributed by atoms with E-state index in [4.69, 9.17) is 0 Å². The zero-order valence-electron chi connectivity index (χ0n) is 9.73. The third kappa shape index (κ3) is 3.90. The van der Waals surface area contributed by atoms with Crippen molar-refractivity contribution in [1.82, 2.24) is 4.90 Å². The molecule has 1 aliphatic rings. The second-order valence-corrected chi connectivity index (χ2v) is 6.47. The van der Waals surface area contributed by atoms with Gasteiger partial charge in [-0.1, -0.05) is 13.3 Å². The molecule has 1 saturated heterocycles. The van der Waals surface area contributed by atoms with Crippen molar-refractivity contribution in [2.45, 2.75) is 38.7 Å². The van der Waals surface area contributed by atoms with E-state index in [-0.39, 0.29) is 24.5 Å². The third-order valence-electron chi connectivity index (χ3n) is 2.87. The van der Waals surface area contributed by atoms with Gasteiger partial charge in [0.15, 0.2) is 9.84 Å². The summed E-state index contributed by atoms with van der Waals surface area (Å²) in [5.74, 6) is -1.45. The van der Waals surface area contributed by atoms with Crippen LogP contribution in [0.15, 0.2) is 0 Å². The number of unbranched alkanes of at least 4 members (excludes halogenated alkanes) is 1. The molecule has 0 radical (unpaired) electrons. The quantitative estimate of drug-likeness (QED) is 0.750. The Balaban J connectivity index is 2.73. The number of sulfone groups is 1. The van der Waals surface area contributed by atoms with Crippen LogP contribution in [0.4, 0.5) is 8.78 Å². The van der Waals surface area contributed by atoms with Crippen LogP contribution >= 0.6 is 0 Å². The first-order valence-electron chi connectivity index (χ1n) is 5.66. The monoisotopic (exact) mass is 269 g/mol. The van der Waals surface area contributed by atoms with E-state index < -0.39 is 28.2 Å². The lowest BCUT2D eigenvalue weighted by Crippen LogP contribution is -2.44. The van der Waals surface area contributed by atoms with Gasteiger partial charge in [-0.3, -0.25) is 4.79 Å². The van der Waals surface area contributed by atoms with E-state index in [1.54, 1.807) is 0 Å². The van der Waals surface area contributed by atoms with E-state index in [1.807, 2.05) is 6.92 Å². The van der Waals surface area contributed by atoms with E-state index >= 15 is 0 Å². The zero-order valence-corrected chi connectivity index (χ0v) is 10.5. The first kappa shape index (κ1) is 14.3. The Morgan fingerprint density at radius 3 is 2.53 bits per heavy atom. The van der Waals surface area contributed by atoms with Crippen molar-refractivity contribution in [3.05, 3.63) is 0 Å². The van der Waals surface area contributed by atoms with Gasteiger partial charge in [-0.2, -0.15) is 8.78 Å². The van der Waals surface area contributed by atoms with Crippen LogP contribution in [0.5, 0.6) is 0 Å². The highest BCUT2D eigenvalue weighted by Crippen LogP contribution is 2.20. The molecule has 17 heavy (non-hydrogen) atoms. The van der Waals surface area contributed by atoms with Gasteiger partial charge in [0.25, 0.3) is 5.91 Å². The number of hydrogen-bond acceptors (Lipinski definition) is 3. The van der Waals surface area contributed by atoms with E-state index in [0.29, 0.717) is 6.42 Å². The number of rotatable bonds is 5. The summed E-state index contributed by atoms with van der Waals surface area (Å²) in [5, 5.41) is 0. The van der Waals surface area contributed by atoms with Crippen LogP contribution in [0.2, 0.25) is 0 Å². The van der Waals surface area contributed by atoms with Gasteiger partial charge in [-0.25, -0.2) is 8.42 Å². The summed E-state index contributed by atoms with van der Waals surface area (Å²) in [6.45, 7) is 2.09. The fourth-order valence-electron chi connectivity index (χ4n) is 1.95. The van der Waals surface area contributed by atoms with Crippen LogP contribution in [0.1, 0.15) is 26.2 Å². The molecule has 1 fully saturated rings. The highest BCUT2D eigenvalue weighted by atomic mass is 32.2. The molecule has 0 aromatic rings. The highest BCUT2D eigenvalue weighted by Gasteiger charge is 2.36. The van der Waals surface area contributed by atoms with E-state index in [2.05, 4.69) is 0 Å². The van der Waals surface area contributed by atoms with Crippen molar-refractivity contribution in [3.63, 3.8) is 0 Å². The maximum atomic E-state index is 12.4. The topological polar surface area (TPSA) is 54.5 Å². The predicted octanol–water partition coefficient (Wildman–Crippen LogP) is 1.07. The Labute approximate surface area is 99.9 Å². The molecule has 0 spiro atoms. The Morgan fingerprint density at radius 1 is 1.47 bits per heavy atom. The summed E-state index contributed by atoms with van der Waals surface area (Å²) < 4.78 is 47.4. The van der Waals surface area contributed by atoms with Crippen LogP contribution in [0.25, 0.3) is 0 Å². The first-order chi connectivity index (χ1) is 7.87. The lowest BCUT2D eigenvalue weighted by Gasteiger charge is -2.27. The molecule has 1 rings (SSSR count). The maximum absolute atomic E-state index is 12.4. The molecule has 0 bridgehead atoms. The number of nitrogens with zero attached hydrogens (tertiary/aromatic N) is 1. The van der Waals surface area contributed by atoms with Crippen molar-refractivity contribution in [2.24, 2.45) is 0 Å². The van der Waals surface area contributed by atoms with E-state index in [0.717, 1.165) is 11.3 Å². The van der Waals surface area contributed by atoms with Gasteiger partial charge in [-0.05, 0) is 12.8 Å². The van der Waals surface area contributed by atoms with Crippen LogP contribution in [-0.2, 0) is 14.6 Å². The molecule has 100 valence electrons. The minimum Gasteiger partial charge on any atom is -0.334 e. The SMILES string of the molecule is CCCCN(C(=O)C(F)F)C1CCS(=O)(=O)C1. The lowest BCUT2D eigenvalue weighted by atomic mass is 10.2. The van der Waals surface area contributed by atoms with Crippen LogP contribution < -0.4 is 0 Å². The molecule has 1 aliphatic heterocycles. The second-order valence-electron chi connectivity index (χ2n) is 4.24. The molecular weight excluding hydrogens is 252 g/mol. The van der Waals surface area contributed by atoms with Gasteiger partial charge in [0.2, 0.25) is 0 Å². The van der Waals surface area contributed by atoms with Crippen LogP contribution in [0, 0.1) is 0 Å². The van der Waals surface area contributed by atoms with Crippen molar-refractivity contribution in [2.75, 3.05) is 18.1 Å². The molecule has 0 aliphatic carbocycles. The highest BCUT2D eigenvalue weighted by molar-refractivity contribution is 7.91. The molecule has 7 heteroatoms. The summed E-state index contributed by atoms with van der Waals surface area (Å²) in [5.41, 5.74) is 0. The Bertz CT molecular complexity index is 370. The number of amides is 1. The zero-order chi connectivity index (χ0) is 13.1. The van der Waals surface area contributed by atoms with Crippen molar-refractivity contribution in [1.29, 1.82) is 0 Å². The summed E-state index contributed by atoms with van der Waals surface area (Å²) in [6.07, 6.45) is -1.42. The molecule has 0 N–H and O–H groups in total.